The summed E-state index contributed by atoms with van der Waals surface area (Å²) >= 11 is 0. The zero-order chi connectivity index (χ0) is 14.0. The van der Waals surface area contributed by atoms with Crippen LogP contribution in [-0.2, 0) is 9.53 Å². The maximum atomic E-state index is 12.2. The summed E-state index contributed by atoms with van der Waals surface area (Å²) in [6.07, 6.45) is 1.63. The summed E-state index contributed by atoms with van der Waals surface area (Å²) in [6, 6.07) is -0.856. The van der Waals surface area contributed by atoms with E-state index < -0.39 is 23.6 Å². The van der Waals surface area contributed by atoms with Crippen LogP contribution in [0.4, 0.5) is 4.79 Å². The van der Waals surface area contributed by atoms with Gasteiger partial charge in [-0.3, -0.25) is 0 Å². The highest BCUT2D eigenvalue weighted by Gasteiger charge is 2.49. The Labute approximate surface area is 111 Å². The number of hydrogen-bond donors (Lipinski definition) is 3. The van der Waals surface area contributed by atoms with Crippen LogP contribution in [-0.4, -0.2) is 65.1 Å². The van der Waals surface area contributed by atoms with E-state index in [4.69, 9.17) is 4.74 Å². The number of ether oxygens (including phenoxy) is 1. The van der Waals surface area contributed by atoms with E-state index in [1.807, 2.05) is 0 Å². The number of aliphatic hydroxyl groups is 1. The Bertz CT molecular complexity index is 371. The molecule has 2 fully saturated rings. The van der Waals surface area contributed by atoms with Crippen molar-refractivity contribution in [2.75, 3.05) is 26.4 Å². The summed E-state index contributed by atoms with van der Waals surface area (Å²) in [7, 11) is 0. The first-order valence-electron chi connectivity index (χ1n) is 6.50. The van der Waals surface area contributed by atoms with Gasteiger partial charge in [-0.25, -0.2) is 9.59 Å². The molecule has 2 aliphatic rings. The van der Waals surface area contributed by atoms with Crippen LogP contribution >= 0.6 is 0 Å². The van der Waals surface area contributed by atoms with Gasteiger partial charge < -0.3 is 25.2 Å². The third-order valence-electron chi connectivity index (χ3n) is 3.90. The molecule has 0 aromatic rings. The molecular formula is C12H20N2O5. The number of carboxylic acid groups (broad SMARTS) is 1. The van der Waals surface area contributed by atoms with Crippen LogP contribution in [0.5, 0.6) is 0 Å². The SMILES string of the molecule is CC(NC(=O)N1CCOCC1CO)(C(=O)O)C1CC1. The first kappa shape index (κ1) is 14.1. The van der Waals surface area contributed by atoms with Gasteiger partial charge in [-0.15, -0.1) is 0 Å². The van der Waals surface area contributed by atoms with Gasteiger partial charge in [0, 0.05) is 6.54 Å². The average Bonchev–Trinajstić information content (AvgIpc) is 3.22. The van der Waals surface area contributed by atoms with Crippen LogP contribution in [0.15, 0.2) is 0 Å². The molecule has 2 amide bonds. The summed E-state index contributed by atoms with van der Waals surface area (Å²) in [4.78, 5) is 25.0. The van der Waals surface area contributed by atoms with Crippen molar-refractivity contribution in [3.8, 4) is 0 Å². The number of nitrogens with one attached hydrogen (secondary N) is 1. The molecule has 19 heavy (non-hydrogen) atoms. The molecule has 2 unspecified atom stereocenters. The molecule has 0 bridgehead atoms. The number of nitrogens with zero attached hydrogens (tertiary/aromatic N) is 1. The van der Waals surface area contributed by atoms with Crippen molar-refractivity contribution in [1.82, 2.24) is 10.2 Å². The van der Waals surface area contributed by atoms with Crippen molar-refractivity contribution >= 4 is 12.0 Å². The Morgan fingerprint density at radius 2 is 2.16 bits per heavy atom. The molecule has 0 aromatic carbocycles. The molecule has 0 radical (unpaired) electrons. The molecule has 3 N–H and O–H groups in total. The molecule has 0 aromatic heterocycles. The quantitative estimate of drug-likeness (QED) is 0.649. The fraction of sp³-hybridized carbons (Fsp3) is 0.833. The second-order valence-corrected chi connectivity index (χ2v) is 5.32. The van der Waals surface area contributed by atoms with Crippen LogP contribution in [0.25, 0.3) is 0 Å². The molecule has 1 saturated heterocycles. The minimum atomic E-state index is -1.23. The number of carbonyl (C=O) groups is 2. The average molecular weight is 272 g/mol. The zero-order valence-electron chi connectivity index (χ0n) is 11.0. The highest BCUT2D eigenvalue weighted by atomic mass is 16.5. The predicted octanol–water partition coefficient (Wildman–Crippen LogP) is -0.358. The molecule has 7 nitrogen and oxygen atoms in total. The monoisotopic (exact) mass is 272 g/mol. The van der Waals surface area contributed by atoms with Crippen molar-refractivity contribution in [2.24, 2.45) is 5.92 Å². The highest BCUT2D eigenvalue weighted by molar-refractivity contribution is 5.86. The maximum Gasteiger partial charge on any atom is 0.329 e. The van der Waals surface area contributed by atoms with Gasteiger partial charge in [0.15, 0.2) is 0 Å². The maximum absolute atomic E-state index is 12.2. The Morgan fingerprint density at radius 1 is 1.47 bits per heavy atom. The molecule has 7 heteroatoms. The summed E-state index contributed by atoms with van der Waals surface area (Å²) in [5.74, 6) is -1.03. The van der Waals surface area contributed by atoms with E-state index in [1.165, 1.54) is 4.90 Å². The van der Waals surface area contributed by atoms with E-state index in [1.54, 1.807) is 6.92 Å². The number of aliphatic carboxylic acids is 1. The largest absolute Gasteiger partial charge is 0.480 e. The van der Waals surface area contributed by atoms with Crippen LogP contribution in [0.2, 0.25) is 0 Å². The van der Waals surface area contributed by atoms with Crippen LogP contribution in [0.1, 0.15) is 19.8 Å². The number of carbonyl (C=O) groups excluding carboxylic acids is 1. The van der Waals surface area contributed by atoms with Gasteiger partial charge in [0.05, 0.1) is 25.9 Å². The van der Waals surface area contributed by atoms with Gasteiger partial charge in [-0.05, 0) is 25.7 Å². The molecule has 0 spiro atoms. The number of carboxylic acids is 1. The summed E-state index contributed by atoms with van der Waals surface area (Å²) in [5, 5.41) is 21.1. The summed E-state index contributed by atoms with van der Waals surface area (Å²) in [6.45, 7) is 2.38. The van der Waals surface area contributed by atoms with Gasteiger partial charge in [-0.2, -0.15) is 0 Å². The molecule has 1 aliphatic heterocycles. The van der Waals surface area contributed by atoms with Crippen LogP contribution in [0, 0.1) is 5.92 Å². The Balaban J connectivity index is 2.04. The number of hydrogen-bond acceptors (Lipinski definition) is 4. The van der Waals surface area contributed by atoms with Crippen molar-refractivity contribution in [3.63, 3.8) is 0 Å². The molecule has 1 saturated carbocycles. The number of aliphatic hydroxyl groups excluding tert-OH is 1. The minimum absolute atomic E-state index is 0.0115. The van der Waals surface area contributed by atoms with E-state index in [9.17, 15) is 19.8 Å². The Morgan fingerprint density at radius 3 is 2.68 bits per heavy atom. The lowest BCUT2D eigenvalue weighted by molar-refractivity contribution is -0.144. The van der Waals surface area contributed by atoms with E-state index in [2.05, 4.69) is 5.32 Å². The highest BCUT2D eigenvalue weighted by Crippen LogP contribution is 2.39. The fourth-order valence-corrected chi connectivity index (χ4v) is 2.36. The molecule has 2 atom stereocenters. The molecule has 1 aliphatic carbocycles. The fourth-order valence-electron chi connectivity index (χ4n) is 2.36. The molecule has 1 heterocycles. The number of amides is 2. The number of rotatable bonds is 4. The van der Waals surface area contributed by atoms with Gasteiger partial charge in [-0.1, -0.05) is 0 Å². The van der Waals surface area contributed by atoms with Crippen molar-refractivity contribution in [3.05, 3.63) is 0 Å². The number of morpholine rings is 1. The Hall–Kier alpha value is -1.34. The molecule has 108 valence electrons. The predicted molar refractivity (Wildman–Crippen MR) is 65.7 cm³/mol. The van der Waals surface area contributed by atoms with Crippen LogP contribution < -0.4 is 5.32 Å². The van der Waals surface area contributed by atoms with Gasteiger partial charge in [0.25, 0.3) is 0 Å². The van der Waals surface area contributed by atoms with Gasteiger partial charge in [0.2, 0.25) is 0 Å². The van der Waals surface area contributed by atoms with E-state index in [0.29, 0.717) is 13.2 Å². The topological polar surface area (TPSA) is 99.1 Å². The first-order chi connectivity index (χ1) is 8.99. The lowest BCUT2D eigenvalue weighted by atomic mass is 9.96. The third-order valence-corrected chi connectivity index (χ3v) is 3.90. The third kappa shape index (κ3) is 2.82. The first-order valence-corrected chi connectivity index (χ1v) is 6.50. The summed E-state index contributed by atoms with van der Waals surface area (Å²) in [5.41, 5.74) is -1.23. The zero-order valence-corrected chi connectivity index (χ0v) is 11.0. The second kappa shape index (κ2) is 5.34. The Kier molecular flexibility index (Phi) is 3.96. The smallest absolute Gasteiger partial charge is 0.329 e. The number of urea groups is 1. The summed E-state index contributed by atoms with van der Waals surface area (Å²) < 4.78 is 5.19. The van der Waals surface area contributed by atoms with E-state index in [0.717, 1.165) is 12.8 Å². The van der Waals surface area contributed by atoms with E-state index in [-0.39, 0.29) is 19.1 Å². The van der Waals surface area contributed by atoms with Crippen molar-refractivity contribution in [1.29, 1.82) is 0 Å². The molecular weight excluding hydrogens is 252 g/mol. The van der Waals surface area contributed by atoms with Crippen molar-refractivity contribution < 1.29 is 24.5 Å². The second-order valence-electron chi connectivity index (χ2n) is 5.32. The van der Waals surface area contributed by atoms with Gasteiger partial charge >= 0.3 is 12.0 Å². The van der Waals surface area contributed by atoms with Crippen LogP contribution in [0.3, 0.4) is 0 Å². The van der Waals surface area contributed by atoms with E-state index >= 15 is 0 Å². The van der Waals surface area contributed by atoms with Gasteiger partial charge in [0.1, 0.15) is 5.54 Å². The lowest BCUT2D eigenvalue weighted by Crippen LogP contribution is -2.61. The molecule has 2 rings (SSSR count). The standard InChI is InChI=1S/C12H20N2O5/c1-12(10(16)17,8-2-3-8)13-11(18)14-4-5-19-7-9(14)6-15/h8-9,15H,2-7H2,1H3,(H,13,18)(H,16,17). The normalized spacial score (nSPS) is 26.6. The minimum Gasteiger partial charge on any atom is -0.480 e. The van der Waals surface area contributed by atoms with Crippen molar-refractivity contribution in [2.45, 2.75) is 31.3 Å². The lowest BCUT2D eigenvalue weighted by Gasteiger charge is -2.37.